The van der Waals surface area contributed by atoms with Crippen molar-refractivity contribution in [3.8, 4) is 51.7 Å². The van der Waals surface area contributed by atoms with Gasteiger partial charge in [0.15, 0.2) is 0 Å². The monoisotopic (exact) mass is 1020 g/mol. The molecule has 3 atom stereocenters. The Bertz CT molecular complexity index is 3270. The highest BCUT2D eigenvalue weighted by molar-refractivity contribution is 5.92. The molecule has 0 saturated heterocycles. The van der Waals surface area contributed by atoms with Gasteiger partial charge in [0, 0.05) is 5.92 Å². The number of ether oxygens (including phenoxy) is 6. The van der Waals surface area contributed by atoms with Gasteiger partial charge >= 0.3 is 5.97 Å². The number of fused-ring (bicyclic) bond motifs is 1. The average Bonchev–Trinajstić information content (AvgIpc) is 3.42. The van der Waals surface area contributed by atoms with E-state index in [2.05, 4.69) is 132 Å². The fraction of sp³-hybridized carbons (Fsp3) is 0.309. The van der Waals surface area contributed by atoms with E-state index in [1.165, 1.54) is 16.7 Å². The summed E-state index contributed by atoms with van der Waals surface area (Å²) in [5.74, 6) is 6.10. The summed E-state index contributed by atoms with van der Waals surface area (Å²) in [4.78, 5) is 13.2. The molecule has 0 aromatic heterocycles. The molecule has 2 N–H and O–H groups in total. The zero-order valence-corrected chi connectivity index (χ0v) is 46.5. The number of hydrogen-bond donors (Lipinski definition) is 1. The van der Waals surface area contributed by atoms with Gasteiger partial charge in [-0.2, -0.15) is 0 Å². The predicted octanol–water partition coefficient (Wildman–Crippen LogP) is 18.3. The Balaban J connectivity index is 0.857. The molecule has 394 valence electrons. The van der Waals surface area contributed by atoms with Gasteiger partial charge in [-0.3, -0.25) is 0 Å². The zero-order valence-electron chi connectivity index (χ0n) is 46.5. The van der Waals surface area contributed by atoms with Crippen LogP contribution in [0, 0.1) is 13.8 Å². The summed E-state index contributed by atoms with van der Waals surface area (Å²) in [7, 11) is 0. The smallest absolute Gasteiger partial charge is 0.343 e. The first kappa shape index (κ1) is 54.7. The molecule has 3 unspecified atom stereocenters. The highest BCUT2D eigenvalue weighted by Gasteiger charge is 2.46. The standard InChI is InChI=1S/C68H75NO7/c1-13-65(8,9)53-23-31-56(32-24-53)71-55-27-17-48(18-28-55)64(70)74-60-29-19-52-44-61(30-20-51(52)43-60)75-67(12,15-3)68(69,16-4)54-25-33-57(34-26-54)72-58-35-37-59(38-36-58)73-62-39-21-49(41-45(62)5)47(7)50-22-40-63(46(6)42-50)76-66(10,11)14-2/h17-44,47H,13-16,69H2,1-12H3. The lowest BCUT2D eigenvalue weighted by molar-refractivity contribution is -0.00320. The number of aryl methyl sites for hydroxylation is 2. The number of benzene rings is 8. The largest absolute Gasteiger partial charge is 0.488 e. The fourth-order valence-corrected chi connectivity index (χ4v) is 9.42. The van der Waals surface area contributed by atoms with E-state index in [0.29, 0.717) is 47.2 Å². The molecule has 0 fully saturated rings. The molecular formula is C68H75NO7. The van der Waals surface area contributed by atoms with Crippen LogP contribution in [0.3, 0.4) is 0 Å². The Morgan fingerprint density at radius 2 is 0.908 bits per heavy atom. The average molecular weight is 1020 g/mol. The quantitative estimate of drug-likeness (QED) is 0.0561. The number of carbonyl (C=O) groups is 1. The third-order valence-electron chi connectivity index (χ3n) is 15.7. The molecule has 8 rings (SSSR count). The topological polar surface area (TPSA) is 98.5 Å². The third-order valence-corrected chi connectivity index (χ3v) is 15.7. The Morgan fingerprint density at radius 3 is 1.39 bits per heavy atom. The minimum Gasteiger partial charge on any atom is -0.488 e. The number of esters is 1. The van der Waals surface area contributed by atoms with Crippen LogP contribution >= 0.6 is 0 Å². The highest BCUT2D eigenvalue weighted by Crippen LogP contribution is 2.42. The third kappa shape index (κ3) is 12.4. The lowest BCUT2D eigenvalue weighted by atomic mass is 9.72. The Labute approximate surface area is 451 Å². The molecule has 0 saturated carbocycles. The Kier molecular flexibility index (Phi) is 16.4. The zero-order chi connectivity index (χ0) is 54.4. The molecule has 8 nitrogen and oxygen atoms in total. The van der Waals surface area contributed by atoms with Crippen molar-refractivity contribution in [1.82, 2.24) is 0 Å². The first-order valence-electron chi connectivity index (χ1n) is 26.8. The van der Waals surface area contributed by atoms with E-state index in [1.807, 2.05) is 91.0 Å². The van der Waals surface area contributed by atoms with Gasteiger partial charge in [-0.15, -0.1) is 0 Å². The van der Waals surface area contributed by atoms with Gasteiger partial charge < -0.3 is 34.2 Å². The lowest BCUT2D eigenvalue weighted by Gasteiger charge is -2.46. The van der Waals surface area contributed by atoms with Crippen LogP contribution in [0.5, 0.6) is 51.7 Å². The van der Waals surface area contributed by atoms with Crippen LogP contribution in [0.1, 0.15) is 145 Å². The maximum Gasteiger partial charge on any atom is 0.343 e. The van der Waals surface area contributed by atoms with Crippen molar-refractivity contribution in [3.05, 3.63) is 209 Å². The van der Waals surface area contributed by atoms with Gasteiger partial charge in [0.05, 0.1) is 11.1 Å². The number of carbonyl (C=O) groups excluding carboxylic acids is 1. The number of nitrogens with two attached hydrogens (primary N) is 1. The molecule has 8 aromatic rings. The van der Waals surface area contributed by atoms with E-state index in [4.69, 9.17) is 34.2 Å². The molecule has 0 aliphatic carbocycles. The predicted molar refractivity (Wildman–Crippen MR) is 309 cm³/mol. The van der Waals surface area contributed by atoms with Crippen molar-refractivity contribution in [1.29, 1.82) is 0 Å². The number of rotatable bonds is 21. The minimum atomic E-state index is -0.839. The van der Waals surface area contributed by atoms with Gasteiger partial charge in [0.2, 0.25) is 0 Å². The van der Waals surface area contributed by atoms with Crippen LogP contribution in [0.2, 0.25) is 0 Å². The molecule has 0 aliphatic rings. The van der Waals surface area contributed by atoms with Crippen LogP contribution < -0.4 is 34.2 Å². The summed E-state index contributed by atoms with van der Waals surface area (Å²) >= 11 is 0. The first-order valence-corrected chi connectivity index (χ1v) is 26.8. The summed E-state index contributed by atoms with van der Waals surface area (Å²) in [5, 5.41) is 1.84. The van der Waals surface area contributed by atoms with Crippen molar-refractivity contribution in [3.63, 3.8) is 0 Å². The summed E-state index contributed by atoms with van der Waals surface area (Å²) in [5.41, 5.74) is 13.0. The second-order valence-electron chi connectivity index (χ2n) is 21.6. The summed E-state index contributed by atoms with van der Waals surface area (Å²) in [6.45, 7) is 25.7. The number of hydrogen-bond acceptors (Lipinski definition) is 8. The summed E-state index contributed by atoms with van der Waals surface area (Å²) in [6, 6.07) is 55.2. The normalized spacial score (nSPS) is 13.8. The van der Waals surface area contributed by atoms with E-state index in [9.17, 15) is 4.79 Å². The van der Waals surface area contributed by atoms with Crippen molar-refractivity contribution in [2.75, 3.05) is 0 Å². The molecule has 0 radical (unpaired) electrons. The van der Waals surface area contributed by atoms with Crippen LogP contribution in [-0.4, -0.2) is 17.2 Å². The van der Waals surface area contributed by atoms with Crippen molar-refractivity contribution in [2.24, 2.45) is 5.73 Å². The summed E-state index contributed by atoms with van der Waals surface area (Å²) < 4.78 is 37.7. The maximum absolute atomic E-state index is 13.2. The fourth-order valence-electron chi connectivity index (χ4n) is 9.42. The van der Waals surface area contributed by atoms with Gasteiger partial charge in [0.1, 0.15) is 62.9 Å². The maximum atomic E-state index is 13.2. The van der Waals surface area contributed by atoms with Crippen LogP contribution in [-0.2, 0) is 11.0 Å². The molecule has 0 bridgehead atoms. The van der Waals surface area contributed by atoms with Crippen molar-refractivity contribution in [2.45, 2.75) is 137 Å². The van der Waals surface area contributed by atoms with Crippen LogP contribution in [0.4, 0.5) is 0 Å². The van der Waals surface area contributed by atoms with Gasteiger partial charge in [0.25, 0.3) is 0 Å². The molecule has 0 heterocycles. The minimum absolute atomic E-state index is 0.101. The second-order valence-corrected chi connectivity index (χ2v) is 21.6. The van der Waals surface area contributed by atoms with E-state index in [1.54, 1.807) is 30.3 Å². The molecule has 0 aliphatic heterocycles. The first-order chi connectivity index (χ1) is 36.2. The molecular weight excluding hydrogens is 943 g/mol. The van der Waals surface area contributed by atoms with Crippen LogP contribution in [0.15, 0.2) is 170 Å². The van der Waals surface area contributed by atoms with Gasteiger partial charge in [-0.1, -0.05) is 109 Å². The van der Waals surface area contributed by atoms with Crippen LogP contribution in [0.25, 0.3) is 10.8 Å². The van der Waals surface area contributed by atoms with E-state index < -0.39 is 17.1 Å². The molecule has 0 amide bonds. The molecule has 8 heteroatoms. The Hall–Kier alpha value is -7.55. The van der Waals surface area contributed by atoms with Crippen molar-refractivity contribution >= 4 is 16.7 Å². The molecule has 0 spiro atoms. The SMILES string of the molecule is CCC(C)(C)Oc1ccc(C(C)c2ccc(Oc3ccc(Oc4ccc(C(N)(CC)C(C)(CC)Oc5ccc6cc(OC(=O)c7ccc(Oc8ccc(C(C)(C)CC)cc8)cc7)ccc6c5)cc4)cc3)c(C)c2)cc1C. The summed E-state index contributed by atoms with van der Waals surface area (Å²) in [6.07, 6.45) is 3.27. The van der Waals surface area contributed by atoms with E-state index in [-0.39, 0.29) is 16.9 Å². The molecule has 8 aromatic carbocycles. The van der Waals surface area contributed by atoms with E-state index >= 15 is 0 Å². The molecule has 76 heavy (non-hydrogen) atoms. The van der Waals surface area contributed by atoms with Gasteiger partial charge in [-0.05, 0) is 219 Å². The lowest BCUT2D eigenvalue weighted by Crippen LogP contribution is -2.59. The second kappa shape index (κ2) is 22.7. The van der Waals surface area contributed by atoms with Crippen molar-refractivity contribution < 1.29 is 33.2 Å². The Morgan fingerprint density at radius 1 is 0.461 bits per heavy atom. The highest BCUT2D eigenvalue weighted by atomic mass is 16.5. The van der Waals surface area contributed by atoms with E-state index in [0.717, 1.165) is 63.3 Å². The van der Waals surface area contributed by atoms with Gasteiger partial charge in [-0.25, -0.2) is 4.79 Å².